The fourth-order valence-electron chi connectivity index (χ4n) is 6.17. The third-order valence-corrected chi connectivity index (χ3v) is 8.37. The van der Waals surface area contributed by atoms with Gasteiger partial charge in [0.1, 0.15) is 5.82 Å². The first-order valence-corrected chi connectivity index (χ1v) is 13.0. The first-order valence-electron chi connectivity index (χ1n) is 13.0. The summed E-state index contributed by atoms with van der Waals surface area (Å²) in [5, 5.41) is 5.04. The zero-order valence-corrected chi connectivity index (χ0v) is 20.1. The Bertz CT molecular complexity index is 1110. The number of hydrogen-bond donors (Lipinski definition) is 2. The molecule has 1 aromatic carbocycles. The topological polar surface area (TPSA) is 47.2 Å². The molecule has 2 N–H and O–H groups in total. The van der Waals surface area contributed by atoms with Gasteiger partial charge in [0, 0.05) is 48.0 Å². The molecule has 2 aliphatic heterocycles. The number of aromatic nitrogens is 2. The van der Waals surface area contributed by atoms with Crippen molar-refractivity contribution in [2.75, 3.05) is 31.5 Å². The smallest absolute Gasteiger partial charge is 0.126 e. The quantitative estimate of drug-likeness (QED) is 0.493. The van der Waals surface area contributed by atoms with Crippen molar-refractivity contribution in [3.8, 4) is 0 Å². The number of H-pyrrole nitrogens is 1. The van der Waals surface area contributed by atoms with Gasteiger partial charge >= 0.3 is 0 Å². The molecule has 2 aromatic heterocycles. The van der Waals surface area contributed by atoms with Crippen molar-refractivity contribution < 1.29 is 0 Å². The Morgan fingerprint density at radius 1 is 1.12 bits per heavy atom. The molecule has 5 heteroatoms. The summed E-state index contributed by atoms with van der Waals surface area (Å²) in [6, 6.07) is 14.1. The van der Waals surface area contributed by atoms with Crippen molar-refractivity contribution in [3.05, 3.63) is 59.4 Å². The third-order valence-electron chi connectivity index (χ3n) is 8.37. The molecule has 4 heterocycles. The number of rotatable bonds is 8. The Kier molecular flexibility index (Phi) is 5.42. The maximum absolute atomic E-state index is 4.88. The monoisotopic (exact) mass is 443 g/mol. The van der Waals surface area contributed by atoms with Crippen LogP contribution in [0.2, 0.25) is 0 Å². The Morgan fingerprint density at radius 2 is 1.97 bits per heavy atom. The van der Waals surface area contributed by atoms with E-state index in [1.807, 2.05) is 0 Å². The third kappa shape index (κ3) is 3.75. The summed E-state index contributed by atoms with van der Waals surface area (Å²) >= 11 is 0. The Labute approximate surface area is 197 Å². The lowest BCUT2D eigenvalue weighted by Crippen LogP contribution is -2.54. The highest BCUT2D eigenvalue weighted by atomic mass is 15.3. The second kappa shape index (κ2) is 8.44. The Balaban J connectivity index is 1.26. The molecule has 33 heavy (non-hydrogen) atoms. The number of benzene rings is 1. The van der Waals surface area contributed by atoms with Crippen molar-refractivity contribution in [3.63, 3.8) is 0 Å². The van der Waals surface area contributed by atoms with Crippen LogP contribution in [-0.2, 0) is 6.42 Å². The zero-order valence-electron chi connectivity index (χ0n) is 20.1. The van der Waals surface area contributed by atoms with Gasteiger partial charge in [0.2, 0.25) is 0 Å². The molecule has 0 spiro atoms. The van der Waals surface area contributed by atoms with E-state index in [4.69, 9.17) is 4.98 Å². The van der Waals surface area contributed by atoms with Gasteiger partial charge in [-0.2, -0.15) is 0 Å². The minimum absolute atomic E-state index is 0.262. The maximum atomic E-state index is 4.88. The van der Waals surface area contributed by atoms with Crippen molar-refractivity contribution in [1.82, 2.24) is 19.8 Å². The van der Waals surface area contributed by atoms with Crippen LogP contribution < -0.4 is 5.32 Å². The summed E-state index contributed by atoms with van der Waals surface area (Å²) < 4.78 is 0. The number of aromatic amines is 1. The lowest BCUT2D eigenvalue weighted by molar-refractivity contribution is 0.121. The fraction of sp³-hybridized carbons (Fsp3) is 0.536. The maximum Gasteiger partial charge on any atom is 0.126 e. The summed E-state index contributed by atoms with van der Waals surface area (Å²) in [5.41, 5.74) is 5.83. The summed E-state index contributed by atoms with van der Waals surface area (Å²) in [5.74, 6) is 1.01. The lowest BCUT2D eigenvalue weighted by atomic mass is 9.90. The Morgan fingerprint density at radius 3 is 2.70 bits per heavy atom. The summed E-state index contributed by atoms with van der Waals surface area (Å²) in [6.45, 7) is 9.25. The van der Waals surface area contributed by atoms with Crippen LogP contribution in [0, 0.1) is 0 Å². The summed E-state index contributed by atoms with van der Waals surface area (Å²) in [7, 11) is 0. The number of para-hydroxylation sites is 1. The van der Waals surface area contributed by atoms with E-state index in [0.29, 0.717) is 11.6 Å². The van der Waals surface area contributed by atoms with Crippen LogP contribution >= 0.6 is 0 Å². The molecular formula is C28H37N5. The highest BCUT2D eigenvalue weighted by molar-refractivity contribution is 5.85. The van der Waals surface area contributed by atoms with Gasteiger partial charge in [-0.1, -0.05) is 44.5 Å². The first-order chi connectivity index (χ1) is 16.2. The van der Waals surface area contributed by atoms with Gasteiger partial charge in [0.05, 0.1) is 12.1 Å². The fourth-order valence-corrected chi connectivity index (χ4v) is 6.17. The van der Waals surface area contributed by atoms with Crippen LogP contribution in [-0.4, -0.2) is 57.5 Å². The van der Waals surface area contributed by atoms with Gasteiger partial charge in [0.15, 0.2) is 0 Å². The van der Waals surface area contributed by atoms with Gasteiger partial charge in [-0.25, -0.2) is 4.98 Å². The van der Waals surface area contributed by atoms with E-state index >= 15 is 0 Å². The van der Waals surface area contributed by atoms with E-state index in [0.717, 1.165) is 31.9 Å². The molecule has 6 rings (SSSR count). The van der Waals surface area contributed by atoms with Crippen LogP contribution in [0.25, 0.3) is 10.9 Å². The number of fused-ring (bicyclic) bond motifs is 3. The molecule has 174 valence electrons. The predicted molar refractivity (Wildman–Crippen MR) is 136 cm³/mol. The SMILES string of the molecule is CCCCN1CC(Nc2ccc(C3c4[nH]c5ccccc5c4CCN3C3(CC)CC3)cn2)C1. The number of likely N-dealkylation sites (tertiary alicyclic amines) is 1. The molecule has 3 aliphatic rings. The zero-order chi connectivity index (χ0) is 22.4. The van der Waals surface area contributed by atoms with E-state index < -0.39 is 0 Å². The molecule has 2 fully saturated rings. The molecule has 3 aromatic rings. The molecule has 5 nitrogen and oxygen atoms in total. The molecule has 0 bridgehead atoms. The highest BCUT2D eigenvalue weighted by Gasteiger charge is 2.51. The second-order valence-electron chi connectivity index (χ2n) is 10.4. The van der Waals surface area contributed by atoms with E-state index in [9.17, 15) is 0 Å². The summed E-state index contributed by atoms with van der Waals surface area (Å²) in [4.78, 5) is 14.0. The molecule has 0 radical (unpaired) electrons. The number of anilines is 1. The van der Waals surface area contributed by atoms with Gasteiger partial charge in [-0.15, -0.1) is 0 Å². The van der Waals surface area contributed by atoms with Crippen LogP contribution in [0.1, 0.15) is 68.8 Å². The number of unbranched alkanes of at least 4 members (excludes halogenated alkanes) is 1. The normalized spacial score (nSPS) is 22.8. The molecule has 1 saturated carbocycles. The second-order valence-corrected chi connectivity index (χ2v) is 10.4. The molecular weight excluding hydrogens is 406 g/mol. The number of pyridine rings is 1. The minimum Gasteiger partial charge on any atom is -0.365 e. The van der Waals surface area contributed by atoms with E-state index in [1.54, 1.807) is 0 Å². The van der Waals surface area contributed by atoms with Crippen LogP contribution in [0.5, 0.6) is 0 Å². The molecule has 1 atom stereocenters. The summed E-state index contributed by atoms with van der Waals surface area (Å²) in [6.07, 6.45) is 9.68. The minimum atomic E-state index is 0.262. The molecule has 1 unspecified atom stereocenters. The van der Waals surface area contributed by atoms with Crippen LogP contribution in [0.3, 0.4) is 0 Å². The van der Waals surface area contributed by atoms with Crippen molar-refractivity contribution in [2.24, 2.45) is 0 Å². The van der Waals surface area contributed by atoms with Crippen LogP contribution in [0.4, 0.5) is 5.82 Å². The van der Waals surface area contributed by atoms with Crippen LogP contribution in [0.15, 0.2) is 42.6 Å². The van der Waals surface area contributed by atoms with Gasteiger partial charge in [-0.05, 0) is 61.9 Å². The number of nitrogens with zero attached hydrogens (tertiary/aromatic N) is 3. The van der Waals surface area contributed by atoms with E-state index in [1.165, 1.54) is 66.4 Å². The standard InChI is InChI=1S/C28H37N5/c1-3-5-15-32-18-21(19-32)30-25-11-10-20(17-29-25)27-26-23(22-8-6-7-9-24(22)31-26)12-16-33(27)28(4-2)13-14-28/h6-11,17,21,27,31H,3-5,12-16,18-19H2,1-2H3,(H,29,30). The average Bonchev–Trinajstić information content (AvgIpc) is 3.54. The van der Waals surface area contributed by atoms with Gasteiger partial charge in [-0.3, -0.25) is 9.80 Å². The number of nitrogens with one attached hydrogen (secondary N) is 2. The number of hydrogen-bond acceptors (Lipinski definition) is 4. The molecule has 1 aliphatic carbocycles. The molecule has 1 saturated heterocycles. The van der Waals surface area contributed by atoms with Crippen molar-refractivity contribution >= 4 is 16.7 Å². The van der Waals surface area contributed by atoms with Crippen molar-refractivity contribution in [2.45, 2.75) is 70.0 Å². The molecule has 0 amide bonds. The first kappa shape index (κ1) is 21.2. The van der Waals surface area contributed by atoms with E-state index in [2.05, 4.69) is 76.5 Å². The lowest BCUT2D eigenvalue weighted by Gasteiger charge is -2.42. The highest BCUT2D eigenvalue weighted by Crippen LogP contribution is 2.52. The van der Waals surface area contributed by atoms with Crippen molar-refractivity contribution in [1.29, 1.82) is 0 Å². The predicted octanol–water partition coefficient (Wildman–Crippen LogP) is 5.35. The van der Waals surface area contributed by atoms with Gasteiger partial charge < -0.3 is 10.3 Å². The van der Waals surface area contributed by atoms with Gasteiger partial charge in [0.25, 0.3) is 0 Å². The van der Waals surface area contributed by atoms with E-state index in [-0.39, 0.29) is 6.04 Å². The Hall–Kier alpha value is -2.37. The largest absolute Gasteiger partial charge is 0.365 e. The average molecular weight is 444 g/mol.